The maximum Gasteiger partial charge on any atom is 0.236 e. The molecule has 3 heterocycles. The summed E-state index contributed by atoms with van der Waals surface area (Å²) in [6.45, 7) is 3.71. The molecule has 19 heavy (non-hydrogen) atoms. The van der Waals surface area contributed by atoms with Crippen molar-refractivity contribution in [2.45, 2.75) is 32.1 Å². The summed E-state index contributed by atoms with van der Waals surface area (Å²) in [5.41, 5.74) is -0.330. The van der Waals surface area contributed by atoms with Crippen LogP contribution in [0.3, 0.4) is 0 Å². The Labute approximate surface area is 118 Å². The van der Waals surface area contributed by atoms with Crippen LogP contribution in [0.4, 0.5) is 0 Å². The molecule has 1 spiro atoms. The zero-order valence-electron chi connectivity index (χ0n) is 11.4. The molecule has 2 amide bonds. The number of nitrogens with zero attached hydrogens (tertiary/aromatic N) is 2. The average molecular weight is 282 g/mol. The van der Waals surface area contributed by atoms with Crippen LogP contribution in [0.2, 0.25) is 0 Å². The molecule has 4 nitrogen and oxygen atoms in total. The number of carbonyl (C=O) groups excluding carboxylic acids is 2. The zero-order chi connectivity index (χ0) is 13.3. The Hall–Kier alpha value is -0.550. The highest BCUT2D eigenvalue weighted by Gasteiger charge is 2.52. The molecule has 0 unspecified atom stereocenters. The van der Waals surface area contributed by atoms with E-state index in [2.05, 4.69) is 4.90 Å². The lowest BCUT2D eigenvalue weighted by Crippen LogP contribution is -2.42. The van der Waals surface area contributed by atoms with Gasteiger partial charge >= 0.3 is 0 Å². The molecule has 3 fully saturated rings. The highest BCUT2D eigenvalue weighted by atomic mass is 32.2. The Morgan fingerprint density at radius 3 is 2.58 bits per heavy atom. The number of imide groups is 1. The highest BCUT2D eigenvalue weighted by molar-refractivity contribution is 7.99. The minimum atomic E-state index is -0.330. The molecule has 0 radical (unpaired) electrons. The molecule has 0 aromatic carbocycles. The second kappa shape index (κ2) is 5.44. The maximum atomic E-state index is 12.5. The van der Waals surface area contributed by atoms with Gasteiger partial charge in [0.2, 0.25) is 11.8 Å². The topological polar surface area (TPSA) is 40.6 Å². The predicted octanol–water partition coefficient (Wildman–Crippen LogP) is 1.35. The molecule has 3 saturated heterocycles. The number of carbonyl (C=O) groups is 2. The van der Waals surface area contributed by atoms with E-state index in [1.54, 1.807) is 4.90 Å². The van der Waals surface area contributed by atoms with Crippen molar-refractivity contribution in [3.05, 3.63) is 0 Å². The molecular formula is C14H22N2O2S. The van der Waals surface area contributed by atoms with Gasteiger partial charge in [0.05, 0.1) is 5.41 Å². The molecule has 0 saturated carbocycles. The highest BCUT2D eigenvalue weighted by Crippen LogP contribution is 2.44. The molecule has 1 atom stereocenters. The summed E-state index contributed by atoms with van der Waals surface area (Å²) < 4.78 is 0. The molecule has 106 valence electrons. The molecule has 0 aromatic rings. The first kappa shape index (κ1) is 13.4. The van der Waals surface area contributed by atoms with E-state index in [-0.39, 0.29) is 17.2 Å². The van der Waals surface area contributed by atoms with E-state index in [0.717, 1.165) is 37.6 Å². The van der Waals surface area contributed by atoms with E-state index in [0.29, 0.717) is 13.0 Å². The van der Waals surface area contributed by atoms with Crippen LogP contribution in [0.15, 0.2) is 0 Å². The number of rotatable bonds is 3. The van der Waals surface area contributed by atoms with Gasteiger partial charge in [-0.25, -0.2) is 0 Å². The van der Waals surface area contributed by atoms with Crippen molar-refractivity contribution >= 4 is 23.6 Å². The third-order valence-corrected chi connectivity index (χ3v) is 5.93. The Bertz CT molecular complexity index is 374. The van der Waals surface area contributed by atoms with Crippen molar-refractivity contribution < 1.29 is 9.59 Å². The molecule has 3 aliphatic heterocycles. The van der Waals surface area contributed by atoms with Gasteiger partial charge in [-0.1, -0.05) is 6.42 Å². The van der Waals surface area contributed by atoms with Crippen LogP contribution in [0.1, 0.15) is 32.1 Å². The van der Waals surface area contributed by atoms with Gasteiger partial charge in [-0.15, -0.1) is 0 Å². The predicted molar refractivity (Wildman–Crippen MR) is 76.0 cm³/mol. The lowest BCUT2D eigenvalue weighted by molar-refractivity contribution is -0.141. The summed E-state index contributed by atoms with van der Waals surface area (Å²) >= 11 is 1.81. The number of hydrogen-bond donors (Lipinski definition) is 0. The fourth-order valence-electron chi connectivity index (χ4n) is 3.43. The first-order valence-electron chi connectivity index (χ1n) is 7.36. The fourth-order valence-corrected chi connectivity index (χ4v) is 4.87. The van der Waals surface area contributed by atoms with Crippen molar-refractivity contribution in [3.8, 4) is 0 Å². The first-order chi connectivity index (χ1) is 9.21. The van der Waals surface area contributed by atoms with Gasteiger partial charge in [-0.2, -0.15) is 11.8 Å². The SMILES string of the molecule is O=C1C[C@@]2(CCSC2)C(=O)N1CCN1CCCCC1. The zero-order valence-corrected chi connectivity index (χ0v) is 12.2. The molecule has 3 rings (SSSR count). The van der Waals surface area contributed by atoms with E-state index in [9.17, 15) is 9.59 Å². The van der Waals surface area contributed by atoms with Crippen molar-refractivity contribution in [3.63, 3.8) is 0 Å². The Kier molecular flexibility index (Phi) is 3.85. The first-order valence-corrected chi connectivity index (χ1v) is 8.52. The second-order valence-electron chi connectivity index (χ2n) is 6.01. The van der Waals surface area contributed by atoms with Crippen LogP contribution in [-0.2, 0) is 9.59 Å². The molecule has 3 aliphatic rings. The summed E-state index contributed by atoms with van der Waals surface area (Å²) in [7, 11) is 0. The average Bonchev–Trinajstić information content (AvgIpc) is 2.97. The third kappa shape index (κ3) is 2.55. The molecule has 0 aromatic heterocycles. The quantitative estimate of drug-likeness (QED) is 0.733. The monoisotopic (exact) mass is 282 g/mol. The minimum Gasteiger partial charge on any atom is -0.302 e. The van der Waals surface area contributed by atoms with E-state index < -0.39 is 0 Å². The largest absolute Gasteiger partial charge is 0.302 e. The minimum absolute atomic E-state index is 0.0597. The summed E-state index contributed by atoms with van der Waals surface area (Å²) in [5.74, 6) is 2.04. The summed E-state index contributed by atoms with van der Waals surface area (Å²) in [6, 6.07) is 0. The Morgan fingerprint density at radius 1 is 1.11 bits per heavy atom. The van der Waals surface area contributed by atoms with Gasteiger partial charge in [-0.05, 0) is 38.1 Å². The smallest absolute Gasteiger partial charge is 0.236 e. The number of amides is 2. The second-order valence-corrected chi connectivity index (χ2v) is 7.12. The van der Waals surface area contributed by atoms with Crippen molar-refractivity contribution in [2.75, 3.05) is 37.7 Å². The lowest BCUT2D eigenvalue weighted by atomic mass is 9.86. The summed E-state index contributed by atoms with van der Waals surface area (Å²) in [5, 5.41) is 0. The fraction of sp³-hybridized carbons (Fsp3) is 0.857. The number of hydrogen-bond acceptors (Lipinski definition) is 4. The van der Waals surface area contributed by atoms with Gasteiger partial charge in [0.25, 0.3) is 0 Å². The van der Waals surface area contributed by atoms with Crippen LogP contribution >= 0.6 is 11.8 Å². The van der Waals surface area contributed by atoms with Gasteiger partial charge in [-0.3, -0.25) is 14.5 Å². The van der Waals surface area contributed by atoms with Crippen molar-refractivity contribution in [2.24, 2.45) is 5.41 Å². The van der Waals surface area contributed by atoms with E-state index >= 15 is 0 Å². The van der Waals surface area contributed by atoms with Gasteiger partial charge in [0, 0.05) is 25.3 Å². The van der Waals surface area contributed by atoms with E-state index in [4.69, 9.17) is 0 Å². The van der Waals surface area contributed by atoms with Crippen molar-refractivity contribution in [1.29, 1.82) is 0 Å². The molecule has 5 heteroatoms. The standard InChI is InChI=1S/C14H22N2O2S/c17-12-10-14(4-9-19-11-14)13(18)16(12)8-7-15-5-2-1-3-6-15/h1-11H2/t14-/m1/s1. The molecule has 0 bridgehead atoms. The number of likely N-dealkylation sites (tertiary alicyclic amines) is 2. The maximum absolute atomic E-state index is 12.5. The van der Waals surface area contributed by atoms with E-state index in [1.807, 2.05) is 11.8 Å². The van der Waals surface area contributed by atoms with Crippen LogP contribution in [0, 0.1) is 5.41 Å². The van der Waals surface area contributed by atoms with Gasteiger partial charge in [0.1, 0.15) is 0 Å². The van der Waals surface area contributed by atoms with Crippen molar-refractivity contribution in [1.82, 2.24) is 9.80 Å². The van der Waals surface area contributed by atoms with Crippen LogP contribution in [0.5, 0.6) is 0 Å². The molecule has 0 N–H and O–H groups in total. The van der Waals surface area contributed by atoms with Gasteiger partial charge < -0.3 is 4.90 Å². The third-order valence-electron chi connectivity index (χ3n) is 4.68. The lowest BCUT2D eigenvalue weighted by Gasteiger charge is -2.28. The number of piperidine rings is 1. The van der Waals surface area contributed by atoms with E-state index in [1.165, 1.54) is 19.3 Å². The Morgan fingerprint density at radius 2 is 1.89 bits per heavy atom. The van der Waals surface area contributed by atoms with Crippen LogP contribution in [0.25, 0.3) is 0 Å². The summed E-state index contributed by atoms with van der Waals surface area (Å²) in [4.78, 5) is 28.5. The normalized spacial score (nSPS) is 32.7. The number of thioether (sulfide) groups is 1. The van der Waals surface area contributed by atoms with Crippen LogP contribution in [-0.4, -0.2) is 59.3 Å². The van der Waals surface area contributed by atoms with Gasteiger partial charge in [0.15, 0.2) is 0 Å². The molecule has 0 aliphatic carbocycles. The molecular weight excluding hydrogens is 260 g/mol. The Balaban J connectivity index is 1.58. The summed E-state index contributed by atoms with van der Waals surface area (Å²) in [6.07, 6.45) is 5.17. The van der Waals surface area contributed by atoms with Crippen LogP contribution < -0.4 is 0 Å².